The maximum absolute atomic E-state index is 12.8. The molecule has 2 heterocycles. The van der Waals surface area contributed by atoms with Crippen LogP contribution in [0.4, 0.5) is 0 Å². The van der Waals surface area contributed by atoms with Gasteiger partial charge in [-0.25, -0.2) is 4.79 Å². The van der Waals surface area contributed by atoms with Gasteiger partial charge in [-0.05, 0) is 42.0 Å². The second kappa shape index (κ2) is 8.58. The first-order valence-corrected chi connectivity index (χ1v) is 10.6. The largest absolute Gasteiger partial charge is 0.507 e. The summed E-state index contributed by atoms with van der Waals surface area (Å²) < 4.78 is 6.21. The Balaban J connectivity index is 1.53. The number of thioether (sulfide) groups is 1. The van der Waals surface area contributed by atoms with Gasteiger partial charge in [-0.2, -0.15) is 0 Å². The lowest BCUT2D eigenvalue weighted by Crippen LogP contribution is -2.27. The monoisotopic (exact) mass is 471 g/mol. The first kappa shape index (κ1) is 21.2. The first-order chi connectivity index (χ1) is 14.8. The number of hydrogen-bond donors (Lipinski definition) is 2. The van der Waals surface area contributed by atoms with Crippen molar-refractivity contribution in [3.8, 4) is 17.1 Å². The van der Waals surface area contributed by atoms with Crippen molar-refractivity contribution in [2.45, 2.75) is 6.54 Å². The van der Waals surface area contributed by atoms with Crippen LogP contribution in [0.2, 0.25) is 5.02 Å². The summed E-state index contributed by atoms with van der Waals surface area (Å²) >= 11 is 12.5. The van der Waals surface area contributed by atoms with E-state index in [0.29, 0.717) is 37.9 Å². The average Bonchev–Trinajstić information content (AvgIpc) is 3.29. The molecular formula is C22H14ClNO5S2. The van der Waals surface area contributed by atoms with Crippen molar-refractivity contribution >= 4 is 57.9 Å². The Morgan fingerprint density at radius 1 is 1.16 bits per heavy atom. The normalized spacial score (nSPS) is 15.1. The number of carbonyl (C=O) groups excluding carboxylic acids is 1. The molecule has 3 aromatic rings. The Morgan fingerprint density at radius 3 is 2.58 bits per heavy atom. The molecule has 0 atom stereocenters. The van der Waals surface area contributed by atoms with E-state index < -0.39 is 5.97 Å². The van der Waals surface area contributed by atoms with Gasteiger partial charge in [0.15, 0.2) is 0 Å². The van der Waals surface area contributed by atoms with Crippen molar-refractivity contribution < 1.29 is 24.2 Å². The van der Waals surface area contributed by atoms with E-state index in [1.54, 1.807) is 30.3 Å². The average molecular weight is 472 g/mol. The lowest BCUT2D eigenvalue weighted by molar-refractivity contribution is -0.122. The molecule has 1 aromatic heterocycles. The number of phenols is 1. The smallest absolute Gasteiger partial charge is 0.339 e. The molecule has 2 aromatic carbocycles. The molecule has 9 heteroatoms. The van der Waals surface area contributed by atoms with Crippen molar-refractivity contribution in [2.24, 2.45) is 0 Å². The van der Waals surface area contributed by atoms with Crippen LogP contribution < -0.4 is 0 Å². The van der Waals surface area contributed by atoms with Crippen molar-refractivity contribution in [1.29, 1.82) is 0 Å². The fourth-order valence-corrected chi connectivity index (χ4v) is 4.35. The summed E-state index contributed by atoms with van der Waals surface area (Å²) in [7, 11) is 0. The minimum atomic E-state index is -1.22. The maximum atomic E-state index is 12.8. The van der Waals surface area contributed by atoms with Crippen LogP contribution in [0.5, 0.6) is 5.75 Å². The Morgan fingerprint density at radius 2 is 1.90 bits per heavy atom. The van der Waals surface area contributed by atoms with Gasteiger partial charge >= 0.3 is 5.97 Å². The third-order valence-electron chi connectivity index (χ3n) is 4.54. The summed E-state index contributed by atoms with van der Waals surface area (Å²) in [5.74, 6) is -0.930. The zero-order valence-electron chi connectivity index (χ0n) is 15.7. The molecule has 1 aliphatic rings. The molecule has 2 N–H and O–H groups in total. The number of nitrogens with zero attached hydrogens (tertiary/aromatic N) is 1. The number of rotatable bonds is 5. The predicted molar refractivity (Wildman–Crippen MR) is 123 cm³/mol. The van der Waals surface area contributed by atoms with E-state index in [1.165, 1.54) is 34.9 Å². The minimum Gasteiger partial charge on any atom is -0.507 e. The van der Waals surface area contributed by atoms with Crippen molar-refractivity contribution in [3.63, 3.8) is 0 Å². The predicted octanol–water partition coefficient (Wildman–Crippen LogP) is 5.41. The lowest BCUT2D eigenvalue weighted by atomic mass is 10.1. The molecule has 1 saturated heterocycles. The van der Waals surface area contributed by atoms with Crippen LogP contribution in [0.15, 0.2) is 63.9 Å². The Labute approximate surface area is 191 Å². The molecule has 31 heavy (non-hydrogen) atoms. The van der Waals surface area contributed by atoms with Crippen LogP contribution in [0.1, 0.15) is 21.7 Å². The van der Waals surface area contributed by atoms with Crippen LogP contribution in [0, 0.1) is 0 Å². The molecule has 1 amide bonds. The molecule has 0 aliphatic carbocycles. The first-order valence-electron chi connectivity index (χ1n) is 8.98. The van der Waals surface area contributed by atoms with Gasteiger partial charge in [-0.1, -0.05) is 53.8 Å². The number of carboxylic acids is 1. The number of thiocarbonyl (C=S) groups is 1. The topological polar surface area (TPSA) is 91.0 Å². The van der Waals surface area contributed by atoms with E-state index in [-0.39, 0.29) is 17.2 Å². The van der Waals surface area contributed by atoms with Gasteiger partial charge in [-0.15, -0.1) is 0 Å². The molecule has 0 radical (unpaired) electrons. The molecule has 6 nitrogen and oxygen atoms in total. The zero-order chi connectivity index (χ0) is 22.1. The summed E-state index contributed by atoms with van der Waals surface area (Å²) in [6.45, 7) is 0.345. The minimum absolute atomic E-state index is 0.195. The number of furan rings is 1. The van der Waals surface area contributed by atoms with Crippen molar-refractivity contribution in [3.05, 3.63) is 81.4 Å². The number of halogens is 1. The number of hydrogen-bond acceptors (Lipinski definition) is 6. The standard InChI is InChI=1S/C22H14ClNO5S2/c23-14-4-1-12(2-5-14)11-24-20(26)19(31-22(24)30)10-15-6-8-18(29-15)13-3-7-16(21(27)28)17(25)9-13/h1-10,25H,11H2,(H,27,28)/b19-10-. The lowest BCUT2D eigenvalue weighted by Gasteiger charge is -2.14. The Hall–Kier alpha value is -3.07. The van der Waals surface area contributed by atoms with Gasteiger partial charge in [0.1, 0.15) is 27.2 Å². The summed E-state index contributed by atoms with van der Waals surface area (Å²) in [6.07, 6.45) is 1.61. The summed E-state index contributed by atoms with van der Waals surface area (Å²) in [6, 6.07) is 14.7. The fourth-order valence-electron chi connectivity index (χ4n) is 2.99. The van der Waals surface area contributed by atoms with Crippen LogP contribution in [0.3, 0.4) is 0 Å². The summed E-state index contributed by atoms with van der Waals surface area (Å²) in [5, 5.41) is 19.5. The third kappa shape index (κ3) is 4.51. The SMILES string of the molecule is O=C(O)c1ccc(-c2ccc(/C=C3\SC(=S)N(Cc4ccc(Cl)cc4)C3=O)o2)cc1O. The van der Waals surface area contributed by atoms with Crippen LogP contribution >= 0.6 is 35.6 Å². The van der Waals surface area contributed by atoms with Gasteiger partial charge in [-0.3, -0.25) is 9.69 Å². The second-order valence-corrected chi connectivity index (χ2v) is 8.75. The molecular weight excluding hydrogens is 458 g/mol. The fraction of sp³-hybridized carbons (Fsp3) is 0.0455. The third-order valence-corrected chi connectivity index (χ3v) is 6.17. The highest BCUT2D eigenvalue weighted by Crippen LogP contribution is 2.35. The summed E-state index contributed by atoms with van der Waals surface area (Å²) in [5.41, 5.74) is 1.23. The van der Waals surface area contributed by atoms with Crippen LogP contribution in [-0.2, 0) is 11.3 Å². The van der Waals surface area contributed by atoms with Crippen LogP contribution in [0.25, 0.3) is 17.4 Å². The molecule has 4 rings (SSSR count). The van der Waals surface area contributed by atoms with E-state index in [2.05, 4.69) is 0 Å². The number of aromatic carboxylic acids is 1. The Kier molecular flexibility index (Phi) is 5.86. The number of carbonyl (C=O) groups is 2. The van der Waals surface area contributed by atoms with E-state index in [0.717, 1.165) is 5.56 Å². The van der Waals surface area contributed by atoms with E-state index >= 15 is 0 Å². The number of amides is 1. The molecule has 0 spiro atoms. The van der Waals surface area contributed by atoms with E-state index in [4.69, 9.17) is 33.3 Å². The van der Waals surface area contributed by atoms with Gasteiger partial charge in [0, 0.05) is 16.7 Å². The van der Waals surface area contributed by atoms with Gasteiger partial charge in [0.2, 0.25) is 0 Å². The molecule has 0 unspecified atom stereocenters. The molecule has 1 fully saturated rings. The maximum Gasteiger partial charge on any atom is 0.339 e. The highest BCUT2D eigenvalue weighted by atomic mass is 35.5. The van der Waals surface area contributed by atoms with Crippen molar-refractivity contribution in [1.82, 2.24) is 4.90 Å². The van der Waals surface area contributed by atoms with Gasteiger partial charge in [0.25, 0.3) is 5.91 Å². The Bertz CT molecular complexity index is 1230. The van der Waals surface area contributed by atoms with Gasteiger partial charge in [0.05, 0.1) is 11.4 Å². The number of benzene rings is 2. The second-order valence-electron chi connectivity index (χ2n) is 6.63. The van der Waals surface area contributed by atoms with Gasteiger partial charge < -0.3 is 14.6 Å². The molecule has 0 bridgehead atoms. The molecule has 1 aliphatic heterocycles. The van der Waals surface area contributed by atoms with Crippen LogP contribution in [-0.4, -0.2) is 31.3 Å². The highest BCUT2D eigenvalue weighted by Gasteiger charge is 2.32. The van der Waals surface area contributed by atoms with E-state index in [1.807, 2.05) is 12.1 Å². The quantitative estimate of drug-likeness (QED) is 0.380. The number of carboxylic acid groups (broad SMARTS) is 1. The molecule has 156 valence electrons. The highest BCUT2D eigenvalue weighted by molar-refractivity contribution is 8.26. The molecule has 0 saturated carbocycles. The summed E-state index contributed by atoms with van der Waals surface area (Å²) in [4.78, 5) is 25.8. The van der Waals surface area contributed by atoms with E-state index in [9.17, 15) is 14.7 Å². The van der Waals surface area contributed by atoms with Crippen molar-refractivity contribution in [2.75, 3.05) is 0 Å². The zero-order valence-corrected chi connectivity index (χ0v) is 18.1. The number of aromatic hydroxyl groups is 1.